The van der Waals surface area contributed by atoms with Crippen LogP contribution < -0.4 is 10.6 Å². The van der Waals surface area contributed by atoms with Crippen LogP contribution in [0, 0.1) is 5.82 Å². The van der Waals surface area contributed by atoms with E-state index < -0.39 is 29.4 Å². The number of amides is 1. The molecule has 1 aliphatic carbocycles. The molecular formula is C30H24F4N2O2. The third kappa shape index (κ3) is 4.74. The van der Waals surface area contributed by atoms with Gasteiger partial charge in [-0.2, -0.15) is 13.2 Å². The summed E-state index contributed by atoms with van der Waals surface area (Å²) in [4.78, 5) is 27.2. The predicted octanol–water partition coefficient (Wildman–Crippen LogP) is 6.84. The Morgan fingerprint density at radius 2 is 1.58 bits per heavy atom. The number of rotatable bonds is 4. The number of ketones is 1. The van der Waals surface area contributed by atoms with Gasteiger partial charge >= 0.3 is 6.18 Å². The van der Waals surface area contributed by atoms with Gasteiger partial charge in [0.05, 0.1) is 11.3 Å². The van der Waals surface area contributed by atoms with Gasteiger partial charge < -0.3 is 10.6 Å². The Morgan fingerprint density at radius 3 is 2.29 bits per heavy atom. The van der Waals surface area contributed by atoms with Gasteiger partial charge in [-0.15, -0.1) is 0 Å². The minimum atomic E-state index is -4.71. The van der Waals surface area contributed by atoms with E-state index in [2.05, 4.69) is 10.6 Å². The van der Waals surface area contributed by atoms with Crippen molar-refractivity contribution in [3.05, 3.63) is 124 Å². The number of halogens is 4. The summed E-state index contributed by atoms with van der Waals surface area (Å²) in [7, 11) is 0. The van der Waals surface area contributed by atoms with Crippen molar-refractivity contribution in [2.75, 3.05) is 5.32 Å². The Bertz CT molecular complexity index is 1470. The molecule has 0 unspecified atom stereocenters. The maximum Gasteiger partial charge on any atom is 0.416 e. The van der Waals surface area contributed by atoms with E-state index >= 15 is 0 Å². The van der Waals surface area contributed by atoms with Crippen LogP contribution in [0.5, 0.6) is 0 Å². The van der Waals surface area contributed by atoms with Crippen molar-refractivity contribution in [2.24, 2.45) is 0 Å². The number of alkyl halides is 3. The number of para-hydroxylation sites is 1. The summed E-state index contributed by atoms with van der Waals surface area (Å²) in [5.74, 6) is -3.24. The van der Waals surface area contributed by atoms with E-state index in [1.54, 1.807) is 6.92 Å². The molecule has 1 aliphatic heterocycles. The number of carbonyl (C=O) groups excluding carboxylic acids is 2. The van der Waals surface area contributed by atoms with Gasteiger partial charge in [0.15, 0.2) is 5.78 Å². The lowest BCUT2D eigenvalue weighted by atomic mass is 9.70. The molecule has 4 nitrogen and oxygen atoms in total. The fourth-order valence-electron chi connectivity index (χ4n) is 5.37. The van der Waals surface area contributed by atoms with Gasteiger partial charge in [-0.25, -0.2) is 4.39 Å². The Hall–Kier alpha value is -4.20. The quantitative estimate of drug-likeness (QED) is 0.370. The molecule has 8 heteroatoms. The van der Waals surface area contributed by atoms with E-state index in [1.807, 2.05) is 30.3 Å². The van der Waals surface area contributed by atoms with E-state index in [1.165, 1.54) is 42.5 Å². The van der Waals surface area contributed by atoms with Gasteiger partial charge in [-0.1, -0.05) is 60.7 Å². The lowest BCUT2D eigenvalue weighted by Crippen LogP contribution is -2.37. The van der Waals surface area contributed by atoms with Crippen molar-refractivity contribution < 1.29 is 27.2 Å². The first-order chi connectivity index (χ1) is 18.1. The van der Waals surface area contributed by atoms with Gasteiger partial charge in [-0.3, -0.25) is 9.59 Å². The highest BCUT2D eigenvalue weighted by atomic mass is 19.4. The average Bonchev–Trinajstić information content (AvgIpc) is 2.89. The van der Waals surface area contributed by atoms with Crippen molar-refractivity contribution in [1.29, 1.82) is 0 Å². The van der Waals surface area contributed by atoms with Crippen LogP contribution in [0.25, 0.3) is 0 Å². The summed E-state index contributed by atoms with van der Waals surface area (Å²) in [6.45, 7) is 1.58. The molecule has 3 aromatic carbocycles. The molecule has 2 atom stereocenters. The molecule has 194 valence electrons. The molecule has 1 amide bonds. The summed E-state index contributed by atoms with van der Waals surface area (Å²) < 4.78 is 56.8. The van der Waals surface area contributed by atoms with Gasteiger partial charge in [0.1, 0.15) is 5.82 Å². The van der Waals surface area contributed by atoms with Crippen molar-refractivity contribution in [1.82, 2.24) is 5.32 Å². The second-order valence-electron chi connectivity index (χ2n) is 9.45. The number of carbonyl (C=O) groups is 2. The molecule has 0 saturated carbocycles. The number of hydrogen-bond donors (Lipinski definition) is 2. The normalized spacial score (nSPS) is 19.7. The van der Waals surface area contributed by atoms with Crippen molar-refractivity contribution in [2.45, 2.75) is 37.8 Å². The Morgan fingerprint density at radius 1 is 0.921 bits per heavy atom. The molecule has 1 heterocycles. The van der Waals surface area contributed by atoms with E-state index in [-0.39, 0.29) is 40.5 Å². The van der Waals surface area contributed by atoms with Crippen molar-refractivity contribution in [3.8, 4) is 0 Å². The average molecular weight is 521 g/mol. The fraction of sp³-hybridized carbons (Fsp3) is 0.200. The van der Waals surface area contributed by atoms with Crippen molar-refractivity contribution in [3.63, 3.8) is 0 Å². The van der Waals surface area contributed by atoms with E-state index in [9.17, 15) is 27.2 Å². The summed E-state index contributed by atoms with van der Waals surface area (Å²) in [5.41, 5.74) is 0.594. The molecular weight excluding hydrogens is 496 g/mol. The summed E-state index contributed by atoms with van der Waals surface area (Å²) >= 11 is 0. The van der Waals surface area contributed by atoms with Gasteiger partial charge in [0.25, 0.3) is 5.91 Å². The maximum atomic E-state index is 14.3. The van der Waals surface area contributed by atoms with Gasteiger partial charge in [-0.05, 0) is 48.6 Å². The molecule has 0 bridgehead atoms. The minimum Gasteiger partial charge on any atom is -0.362 e. The van der Waals surface area contributed by atoms with Crippen LogP contribution in [-0.2, 0) is 15.8 Å². The number of benzene rings is 3. The molecule has 0 fully saturated rings. The lowest BCUT2D eigenvalue weighted by Gasteiger charge is -2.37. The van der Waals surface area contributed by atoms with Gasteiger partial charge in [0, 0.05) is 34.9 Å². The topological polar surface area (TPSA) is 58.2 Å². The first-order valence-corrected chi connectivity index (χ1v) is 12.2. The Kier molecular flexibility index (Phi) is 6.65. The fourth-order valence-corrected chi connectivity index (χ4v) is 5.37. The summed E-state index contributed by atoms with van der Waals surface area (Å²) in [5, 5.41) is 5.63. The molecule has 0 saturated heterocycles. The largest absolute Gasteiger partial charge is 0.416 e. The third-order valence-corrected chi connectivity index (χ3v) is 7.04. The lowest BCUT2D eigenvalue weighted by molar-refractivity contribution is -0.138. The first kappa shape index (κ1) is 25.4. The monoisotopic (exact) mass is 520 g/mol. The van der Waals surface area contributed by atoms with Gasteiger partial charge in [0.2, 0.25) is 0 Å². The molecule has 38 heavy (non-hydrogen) atoms. The van der Waals surface area contributed by atoms with E-state index in [0.29, 0.717) is 17.8 Å². The first-order valence-electron chi connectivity index (χ1n) is 12.2. The molecule has 0 spiro atoms. The minimum absolute atomic E-state index is 0.0600. The number of hydrogen-bond acceptors (Lipinski definition) is 3. The maximum absolute atomic E-state index is 14.3. The highest BCUT2D eigenvalue weighted by molar-refractivity contribution is 6.10. The zero-order chi connectivity index (χ0) is 27.0. The summed E-state index contributed by atoms with van der Waals surface area (Å²) in [6, 6.07) is 19.9. The molecule has 2 N–H and O–H groups in total. The van der Waals surface area contributed by atoms with Crippen LogP contribution in [0.3, 0.4) is 0 Å². The Labute approximate surface area is 217 Å². The number of allylic oxidation sites excluding steroid dienone is 3. The molecule has 0 aromatic heterocycles. The zero-order valence-electron chi connectivity index (χ0n) is 20.4. The van der Waals surface area contributed by atoms with Crippen molar-refractivity contribution >= 4 is 17.4 Å². The molecule has 3 aromatic rings. The van der Waals surface area contributed by atoms with E-state index in [0.717, 1.165) is 11.6 Å². The highest BCUT2D eigenvalue weighted by Gasteiger charge is 2.44. The number of Topliss-reactive ketones (excluding diaryl/α,β-unsaturated/α-hetero) is 1. The molecule has 5 rings (SSSR count). The predicted molar refractivity (Wildman–Crippen MR) is 136 cm³/mol. The Balaban J connectivity index is 1.64. The SMILES string of the molecule is CC1=C(C(=O)Nc2ccccc2F)[C@H](c2ccccc2C(F)(F)F)C2=C(C[C@H](c3ccccc3)CC2=O)N1. The second kappa shape index (κ2) is 9.93. The summed E-state index contributed by atoms with van der Waals surface area (Å²) in [6.07, 6.45) is -4.22. The van der Waals surface area contributed by atoms with Crippen LogP contribution in [0.4, 0.5) is 23.2 Å². The van der Waals surface area contributed by atoms with Crippen LogP contribution >= 0.6 is 0 Å². The van der Waals surface area contributed by atoms with E-state index in [4.69, 9.17) is 0 Å². The highest BCUT2D eigenvalue weighted by Crippen LogP contribution is 2.48. The van der Waals surface area contributed by atoms with Crippen LogP contribution in [0.15, 0.2) is 101 Å². The second-order valence-corrected chi connectivity index (χ2v) is 9.45. The number of dihydropyridines is 1. The number of anilines is 1. The molecule has 0 radical (unpaired) electrons. The third-order valence-electron chi connectivity index (χ3n) is 7.04. The standard InChI is InChI=1S/C30H24F4N2O2/c1-17-26(29(38)36-23-14-8-7-13-22(23)31)27(20-11-5-6-12-21(20)30(32,33)34)28-24(35-17)15-19(16-25(28)37)18-9-3-2-4-10-18/h2-14,19,27,35H,15-16H2,1H3,(H,36,38)/t19-,27-/m0/s1. The molecule has 2 aliphatic rings. The number of nitrogens with one attached hydrogen (secondary N) is 2. The zero-order valence-corrected chi connectivity index (χ0v) is 20.4. The van der Waals surface area contributed by atoms with Crippen LogP contribution in [0.2, 0.25) is 0 Å². The van der Waals surface area contributed by atoms with Crippen LogP contribution in [-0.4, -0.2) is 11.7 Å². The van der Waals surface area contributed by atoms with Crippen LogP contribution in [0.1, 0.15) is 48.3 Å². The smallest absolute Gasteiger partial charge is 0.362 e.